The maximum absolute atomic E-state index is 5.82. The Morgan fingerprint density at radius 3 is 2.82 bits per heavy atom. The van der Waals surface area contributed by atoms with Crippen molar-refractivity contribution in [2.45, 2.75) is 19.4 Å². The molecule has 0 bridgehead atoms. The first-order valence-corrected chi connectivity index (χ1v) is 6.93. The van der Waals surface area contributed by atoms with Gasteiger partial charge in [-0.25, -0.2) is 4.98 Å². The number of aromatic nitrogens is 1. The van der Waals surface area contributed by atoms with Crippen molar-refractivity contribution in [1.82, 2.24) is 15.2 Å². The summed E-state index contributed by atoms with van der Waals surface area (Å²) < 4.78 is 0.644. The molecule has 1 fully saturated rings. The van der Waals surface area contributed by atoms with Crippen LogP contribution in [0.5, 0.6) is 0 Å². The van der Waals surface area contributed by atoms with E-state index < -0.39 is 0 Å². The van der Waals surface area contributed by atoms with Crippen LogP contribution >= 0.6 is 35.3 Å². The molecule has 2 heterocycles. The molecule has 6 heteroatoms. The van der Waals surface area contributed by atoms with Gasteiger partial charge in [0.15, 0.2) is 4.47 Å². The summed E-state index contributed by atoms with van der Waals surface area (Å²) in [5.74, 6) is 0.842. The number of halogens is 2. The van der Waals surface area contributed by atoms with Crippen molar-refractivity contribution in [1.29, 1.82) is 0 Å². The fourth-order valence-electron chi connectivity index (χ4n) is 2.19. The largest absolute Gasteiger partial charge is 0.317 e. The Morgan fingerprint density at radius 2 is 2.24 bits per heavy atom. The second kappa shape index (κ2) is 7.54. The highest BCUT2D eigenvalue weighted by atomic mass is 35.5. The normalized spacial score (nSPS) is 17.1. The van der Waals surface area contributed by atoms with Gasteiger partial charge >= 0.3 is 0 Å². The molecule has 0 radical (unpaired) electrons. The van der Waals surface area contributed by atoms with Crippen LogP contribution in [0.4, 0.5) is 0 Å². The van der Waals surface area contributed by atoms with E-state index in [9.17, 15) is 0 Å². The lowest BCUT2D eigenvalue weighted by Crippen LogP contribution is -2.34. The van der Waals surface area contributed by atoms with Gasteiger partial charge < -0.3 is 10.2 Å². The van der Waals surface area contributed by atoms with E-state index in [1.54, 1.807) is 11.3 Å². The molecule has 3 nitrogen and oxygen atoms in total. The van der Waals surface area contributed by atoms with Gasteiger partial charge in [-0.3, -0.25) is 0 Å². The summed E-state index contributed by atoms with van der Waals surface area (Å²) in [6, 6.07) is 0. The molecule has 1 aromatic heterocycles. The molecule has 0 aliphatic carbocycles. The molecule has 17 heavy (non-hydrogen) atoms. The predicted molar refractivity (Wildman–Crippen MR) is 76.3 cm³/mol. The highest BCUT2D eigenvalue weighted by Gasteiger charge is 2.15. The zero-order chi connectivity index (χ0) is 11.4. The molecule has 1 aromatic rings. The average Bonchev–Trinajstić information content (AvgIpc) is 2.65. The second-order valence-corrected chi connectivity index (χ2v) is 6.17. The van der Waals surface area contributed by atoms with Crippen molar-refractivity contribution in [3.63, 3.8) is 0 Å². The molecule has 1 N–H and O–H groups in total. The first kappa shape index (κ1) is 15.2. The van der Waals surface area contributed by atoms with Gasteiger partial charge in [-0.2, -0.15) is 0 Å². The molecule has 0 atom stereocenters. The van der Waals surface area contributed by atoms with E-state index in [-0.39, 0.29) is 12.4 Å². The van der Waals surface area contributed by atoms with Gasteiger partial charge in [0.05, 0.1) is 0 Å². The van der Waals surface area contributed by atoms with Gasteiger partial charge in [-0.1, -0.05) is 11.6 Å². The lowest BCUT2D eigenvalue weighted by Gasteiger charge is -2.27. The smallest absolute Gasteiger partial charge is 0.183 e. The number of rotatable bonds is 4. The second-order valence-electron chi connectivity index (χ2n) is 4.47. The topological polar surface area (TPSA) is 28.2 Å². The maximum atomic E-state index is 5.82. The summed E-state index contributed by atoms with van der Waals surface area (Å²) in [5, 5.41) is 3.40. The van der Waals surface area contributed by atoms with E-state index in [1.165, 1.54) is 37.4 Å². The fraction of sp³-hybridized carbons (Fsp3) is 0.727. The average molecular weight is 296 g/mol. The molecular formula is C11H19Cl2N3S. The van der Waals surface area contributed by atoms with E-state index >= 15 is 0 Å². The van der Waals surface area contributed by atoms with Gasteiger partial charge in [-0.15, -0.1) is 23.7 Å². The van der Waals surface area contributed by atoms with Gasteiger partial charge in [0.25, 0.3) is 0 Å². The van der Waals surface area contributed by atoms with Gasteiger partial charge in [0, 0.05) is 24.2 Å². The van der Waals surface area contributed by atoms with E-state index in [0.29, 0.717) is 4.47 Å². The summed E-state index contributed by atoms with van der Waals surface area (Å²) in [5.41, 5.74) is 0. The van der Waals surface area contributed by atoms with Crippen molar-refractivity contribution < 1.29 is 0 Å². The molecule has 1 saturated heterocycles. The lowest BCUT2D eigenvalue weighted by molar-refractivity contribution is 0.236. The maximum Gasteiger partial charge on any atom is 0.183 e. The summed E-state index contributed by atoms with van der Waals surface area (Å²) in [6.45, 7) is 4.49. The minimum atomic E-state index is 0. The summed E-state index contributed by atoms with van der Waals surface area (Å²) >= 11 is 7.39. The van der Waals surface area contributed by atoms with Crippen LogP contribution in [-0.4, -0.2) is 36.6 Å². The number of thiazole rings is 1. The number of piperidine rings is 1. The third kappa shape index (κ3) is 5.10. The summed E-state index contributed by atoms with van der Waals surface area (Å²) in [4.78, 5) is 7.69. The minimum Gasteiger partial charge on any atom is -0.317 e. The zero-order valence-corrected chi connectivity index (χ0v) is 12.4. The molecule has 98 valence electrons. The Bertz CT molecular complexity index is 326. The van der Waals surface area contributed by atoms with E-state index in [2.05, 4.69) is 22.2 Å². The fourth-order valence-corrected chi connectivity index (χ4v) is 3.25. The Kier molecular flexibility index (Phi) is 6.74. The molecule has 0 unspecified atom stereocenters. The number of hydrogen-bond acceptors (Lipinski definition) is 4. The number of nitrogens with one attached hydrogen (secondary N) is 1. The van der Waals surface area contributed by atoms with Crippen molar-refractivity contribution in [3.8, 4) is 0 Å². The third-order valence-electron chi connectivity index (χ3n) is 2.98. The van der Waals surface area contributed by atoms with E-state index in [0.717, 1.165) is 12.5 Å². The van der Waals surface area contributed by atoms with Crippen LogP contribution in [0.2, 0.25) is 4.47 Å². The predicted octanol–water partition coefficient (Wildman–Crippen LogP) is 2.65. The Morgan fingerprint density at radius 1 is 1.53 bits per heavy atom. The van der Waals surface area contributed by atoms with Crippen molar-refractivity contribution in [2.75, 3.05) is 26.7 Å². The van der Waals surface area contributed by atoms with Crippen LogP contribution in [0.3, 0.4) is 0 Å². The monoisotopic (exact) mass is 295 g/mol. The van der Waals surface area contributed by atoms with Crippen LogP contribution in [0.15, 0.2) is 6.20 Å². The number of nitrogens with zero attached hydrogens (tertiary/aromatic N) is 2. The Hall–Kier alpha value is 0.130. The van der Waals surface area contributed by atoms with Crippen LogP contribution in [0, 0.1) is 5.92 Å². The van der Waals surface area contributed by atoms with Crippen molar-refractivity contribution >= 4 is 35.3 Å². The van der Waals surface area contributed by atoms with E-state index in [1.807, 2.05) is 6.20 Å². The number of hydrogen-bond donors (Lipinski definition) is 1. The quantitative estimate of drug-likeness (QED) is 0.926. The highest BCUT2D eigenvalue weighted by Crippen LogP contribution is 2.20. The third-order valence-corrected chi connectivity index (χ3v) is 4.08. The SMILES string of the molecule is CN(Cc1cnc(Cl)s1)CC1CCNCC1.Cl. The Balaban J connectivity index is 0.00000144. The first-order valence-electron chi connectivity index (χ1n) is 5.73. The summed E-state index contributed by atoms with van der Waals surface area (Å²) in [6.07, 6.45) is 4.48. The molecule has 0 amide bonds. The van der Waals surface area contributed by atoms with Crippen LogP contribution in [0.25, 0.3) is 0 Å². The first-order chi connectivity index (χ1) is 7.74. The van der Waals surface area contributed by atoms with Crippen LogP contribution in [-0.2, 0) is 6.54 Å². The standard InChI is InChI=1S/C11H18ClN3S.ClH/c1-15(7-9-2-4-13-5-3-9)8-10-6-14-11(12)16-10;/h6,9,13H,2-5,7-8H2,1H3;1H. The van der Waals surface area contributed by atoms with E-state index in [4.69, 9.17) is 11.6 Å². The van der Waals surface area contributed by atoms with Gasteiger partial charge in [0.1, 0.15) is 0 Å². The molecule has 0 spiro atoms. The Labute approximate surface area is 118 Å². The van der Waals surface area contributed by atoms with Crippen molar-refractivity contribution in [3.05, 3.63) is 15.5 Å². The lowest BCUT2D eigenvalue weighted by atomic mass is 9.98. The molecule has 0 aromatic carbocycles. The zero-order valence-electron chi connectivity index (χ0n) is 9.99. The van der Waals surface area contributed by atoms with Gasteiger partial charge in [-0.05, 0) is 38.9 Å². The van der Waals surface area contributed by atoms with Crippen LogP contribution < -0.4 is 5.32 Å². The molecule has 0 saturated carbocycles. The van der Waals surface area contributed by atoms with Gasteiger partial charge in [0.2, 0.25) is 0 Å². The molecular weight excluding hydrogens is 277 g/mol. The molecule has 2 rings (SSSR count). The van der Waals surface area contributed by atoms with Crippen molar-refractivity contribution in [2.24, 2.45) is 5.92 Å². The summed E-state index contributed by atoms with van der Waals surface area (Å²) in [7, 11) is 2.18. The molecule has 1 aliphatic heterocycles. The minimum absolute atomic E-state index is 0. The highest BCUT2D eigenvalue weighted by molar-refractivity contribution is 7.15. The van der Waals surface area contributed by atoms with Crippen LogP contribution in [0.1, 0.15) is 17.7 Å². The molecule has 1 aliphatic rings.